The number of nitrogens with zero attached hydrogens (tertiary/aromatic N) is 1. The number of hydrogen-bond donors (Lipinski definition) is 0. The summed E-state index contributed by atoms with van der Waals surface area (Å²) in [5, 5.41) is 9.17. The van der Waals surface area contributed by atoms with Crippen molar-refractivity contribution in [2.45, 2.75) is 64.7 Å². The molecule has 0 spiro atoms. The monoisotopic (exact) mass is 287 g/mol. The first-order valence-electron chi connectivity index (χ1n) is 8.44. The van der Waals surface area contributed by atoms with E-state index in [1.165, 1.54) is 44.9 Å². The highest BCUT2D eigenvalue weighted by atomic mass is 16.5. The second-order valence-electron chi connectivity index (χ2n) is 5.71. The van der Waals surface area contributed by atoms with Gasteiger partial charge in [-0.3, -0.25) is 0 Å². The van der Waals surface area contributed by atoms with Crippen LogP contribution in [-0.4, -0.2) is 6.61 Å². The molecule has 0 aliphatic heterocycles. The molecular weight excluding hydrogens is 258 g/mol. The van der Waals surface area contributed by atoms with Gasteiger partial charge in [0, 0.05) is 0 Å². The van der Waals surface area contributed by atoms with Crippen molar-refractivity contribution >= 4 is 0 Å². The third-order valence-electron chi connectivity index (χ3n) is 3.78. The summed E-state index contributed by atoms with van der Waals surface area (Å²) in [5.41, 5.74) is 0. The third-order valence-corrected chi connectivity index (χ3v) is 3.78. The summed E-state index contributed by atoms with van der Waals surface area (Å²) in [7, 11) is 0. The molecule has 116 valence electrons. The molecule has 2 heteroatoms. The highest BCUT2D eigenvalue weighted by Gasteiger charge is 2.08. The van der Waals surface area contributed by atoms with Gasteiger partial charge in [0.2, 0.25) is 0 Å². The topological polar surface area (TPSA) is 33.0 Å². The molecule has 1 aromatic rings. The standard InChI is InChI=1S/C19H29NO/c1-2-3-4-5-6-7-8-10-13-18(16-20)17-21-19-14-11-9-12-15-19/h9,11-12,14-15,18H,2-8,10,13,17H2,1H3. The Kier molecular flexibility index (Phi) is 10.3. The Hall–Kier alpha value is -1.49. The lowest BCUT2D eigenvalue weighted by molar-refractivity contribution is 0.269. The molecule has 1 rings (SSSR count). The lowest BCUT2D eigenvalue weighted by Crippen LogP contribution is -2.10. The van der Waals surface area contributed by atoms with Crippen LogP contribution in [0.1, 0.15) is 64.7 Å². The van der Waals surface area contributed by atoms with E-state index in [0.29, 0.717) is 6.61 Å². The van der Waals surface area contributed by atoms with Crippen molar-refractivity contribution in [2.75, 3.05) is 6.61 Å². The van der Waals surface area contributed by atoms with Crippen LogP contribution in [0.2, 0.25) is 0 Å². The van der Waals surface area contributed by atoms with Crippen molar-refractivity contribution < 1.29 is 4.74 Å². The van der Waals surface area contributed by atoms with Crippen molar-refractivity contribution in [1.29, 1.82) is 5.26 Å². The molecule has 0 aliphatic carbocycles. The predicted octanol–water partition coefficient (Wildman–Crippen LogP) is 5.74. The average Bonchev–Trinajstić information content (AvgIpc) is 2.54. The molecule has 2 nitrogen and oxygen atoms in total. The van der Waals surface area contributed by atoms with Crippen LogP contribution in [0.15, 0.2) is 30.3 Å². The molecule has 0 amide bonds. The maximum atomic E-state index is 9.17. The molecule has 0 saturated carbocycles. The summed E-state index contributed by atoms with van der Waals surface area (Å²) in [5.74, 6) is 0.874. The van der Waals surface area contributed by atoms with Crippen LogP contribution in [-0.2, 0) is 0 Å². The quantitative estimate of drug-likeness (QED) is 0.459. The zero-order valence-electron chi connectivity index (χ0n) is 13.4. The smallest absolute Gasteiger partial charge is 0.119 e. The van der Waals surface area contributed by atoms with E-state index in [0.717, 1.165) is 18.6 Å². The molecule has 0 aromatic heterocycles. The van der Waals surface area contributed by atoms with E-state index in [9.17, 15) is 5.26 Å². The summed E-state index contributed by atoms with van der Waals surface area (Å²) in [6, 6.07) is 12.1. The van der Waals surface area contributed by atoms with E-state index in [1.807, 2.05) is 30.3 Å². The lowest BCUT2D eigenvalue weighted by atomic mass is 10.0. The number of para-hydroxylation sites is 1. The van der Waals surface area contributed by atoms with Crippen LogP contribution in [0, 0.1) is 17.2 Å². The summed E-state index contributed by atoms with van der Waals surface area (Å²) in [6.45, 7) is 2.76. The predicted molar refractivity (Wildman–Crippen MR) is 88.3 cm³/mol. The molecule has 0 saturated heterocycles. The molecule has 0 bridgehead atoms. The first kappa shape index (κ1) is 17.6. The molecule has 0 aliphatic rings. The van der Waals surface area contributed by atoms with Crippen molar-refractivity contribution in [2.24, 2.45) is 5.92 Å². The van der Waals surface area contributed by atoms with Gasteiger partial charge in [-0.2, -0.15) is 5.26 Å². The van der Waals surface area contributed by atoms with Gasteiger partial charge in [-0.15, -0.1) is 0 Å². The van der Waals surface area contributed by atoms with Gasteiger partial charge in [-0.1, -0.05) is 76.5 Å². The number of unbranched alkanes of at least 4 members (excludes halogenated alkanes) is 7. The Morgan fingerprint density at radius 3 is 2.19 bits per heavy atom. The van der Waals surface area contributed by atoms with Gasteiger partial charge in [-0.05, 0) is 18.6 Å². The first-order valence-corrected chi connectivity index (χ1v) is 8.44. The molecule has 1 aromatic carbocycles. The first-order chi connectivity index (χ1) is 10.4. The Labute approximate surface area is 130 Å². The van der Waals surface area contributed by atoms with E-state index in [1.54, 1.807) is 0 Å². The maximum Gasteiger partial charge on any atom is 0.119 e. The van der Waals surface area contributed by atoms with Crippen LogP contribution >= 0.6 is 0 Å². The average molecular weight is 287 g/mol. The van der Waals surface area contributed by atoms with Gasteiger partial charge in [0.15, 0.2) is 0 Å². The van der Waals surface area contributed by atoms with Crippen LogP contribution < -0.4 is 4.74 Å². The summed E-state index contributed by atoms with van der Waals surface area (Å²) < 4.78 is 5.66. The van der Waals surface area contributed by atoms with E-state index >= 15 is 0 Å². The van der Waals surface area contributed by atoms with Crippen LogP contribution in [0.25, 0.3) is 0 Å². The minimum absolute atomic E-state index is 0.0188. The van der Waals surface area contributed by atoms with Crippen LogP contribution in [0.4, 0.5) is 0 Å². The second-order valence-corrected chi connectivity index (χ2v) is 5.71. The molecule has 0 fully saturated rings. The van der Waals surface area contributed by atoms with Gasteiger partial charge >= 0.3 is 0 Å². The molecular formula is C19H29NO. The summed E-state index contributed by atoms with van der Waals surface area (Å²) in [6.07, 6.45) is 11.4. The largest absolute Gasteiger partial charge is 0.492 e. The van der Waals surface area contributed by atoms with Gasteiger partial charge in [0.05, 0.1) is 12.0 Å². The summed E-state index contributed by atoms with van der Waals surface area (Å²) in [4.78, 5) is 0. The van der Waals surface area contributed by atoms with Crippen molar-refractivity contribution in [3.63, 3.8) is 0 Å². The lowest BCUT2D eigenvalue weighted by Gasteiger charge is -2.11. The minimum Gasteiger partial charge on any atom is -0.492 e. The van der Waals surface area contributed by atoms with E-state index in [-0.39, 0.29) is 5.92 Å². The minimum atomic E-state index is 0.0188. The van der Waals surface area contributed by atoms with Gasteiger partial charge in [-0.25, -0.2) is 0 Å². The van der Waals surface area contributed by atoms with E-state index < -0.39 is 0 Å². The van der Waals surface area contributed by atoms with Crippen molar-refractivity contribution in [1.82, 2.24) is 0 Å². The van der Waals surface area contributed by atoms with Gasteiger partial charge < -0.3 is 4.74 Å². The molecule has 21 heavy (non-hydrogen) atoms. The second kappa shape index (κ2) is 12.3. The van der Waals surface area contributed by atoms with Gasteiger partial charge in [0.25, 0.3) is 0 Å². The normalized spacial score (nSPS) is 11.8. The Balaban J connectivity index is 2.02. The molecule has 0 N–H and O–H groups in total. The number of hydrogen-bond acceptors (Lipinski definition) is 2. The maximum absolute atomic E-state index is 9.17. The molecule has 0 radical (unpaired) electrons. The zero-order chi connectivity index (χ0) is 15.2. The zero-order valence-corrected chi connectivity index (χ0v) is 13.4. The highest BCUT2D eigenvalue weighted by molar-refractivity contribution is 5.20. The Morgan fingerprint density at radius 1 is 0.952 bits per heavy atom. The number of benzene rings is 1. The fourth-order valence-corrected chi connectivity index (χ4v) is 2.42. The molecule has 0 heterocycles. The SMILES string of the molecule is CCCCCCCCCCC(C#N)COc1ccccc1. The molecule has 1 atom stereocenters. The van der Waals surface area contributed by atoms with Gasteiger partial charge in [0.1, 0.15) is 12.4 Å². The van der Waals surface area contributed by atoms with Crippen LogP contribution in [0.5, 0.6) is 5.75 Å². The summed E-state index contributed by atoms with van der Waals surface area (Å²) >= 11 is 0. The number of rotatable bonds is 12. The molecule has 1 unspecified atom stereocenters. The van der Waals surface area contributed by atoms with Crippen molar-refractivity contribution in [3.05, 3.63) is 30.3 Å². The Bertz CT molecular complexity index is 382. The van der Waals surface area contributed by atoms with E-state index in [2.05, 4.69) is 13.0 Å². The van der Waals surface area contributed by atoms with Crippen LogP contribution in [0.3, 0.4) is 0 Å². The number of ether oxygens (including phenoxy) is 1. The Morgan fingerprint density at radius 2 is 1.57 bits per heavy atom. The fourth-order valence-electron chi connectivity index (χ4n) is 2.42. The van der Waals surface area contributed by atoms with E-state index in [4.69, 9.17) is 4.74 Å². The number of nitriles is 1. The fraction of sp³-hybridized carbons (Fsp3) is 0.632. The third kappa shape index (κ3) is 9.13. The highest BCUT2D eigenvalue weighted by Crippen LogP contribution is 2.15. The van der Waals surface area contributed by atoms with Crippen molar-refractivity contribution in [3.8, 4) is 11.8 Å².